The first kappa shape index (κ1) is 10.2. The second-order valence-corrected chi connectivity index (χ2v) is 5.45. The lowest BCUT2D eigenvalue weighted by Gasteiger charge is -2.34. The zero-order valence-electron chi connectivity index (χ0n) is 10.3. The van der Waals surface area contributed by atoms with E-state index in [-0.39, 0.29) is 5.54 Å². The van der Waals surface area contributed by atoms with E-state index in [0.29, 0.717) is 11.8 Å². The second-order valence-electron chi connectivity index (χ2n) is 5.45. The highest BCUT2D eigenvalue weighted by molar-refractivity contribution is 5.56. The molecule has 0 fully saturated rings. The van der Waals surface area contributed by atoms with Gasteiger partial charge < -0.3 is 5.11 Å². The average molecular weight is 237 g/mol. The van der Waals surface area contributed by atoms with Crippen molar-refractivity contribution in [3.63, 3.8) is 0 Å². The van der Waals surface area contributed by atoms with Crippen molar-refractivity contribution in [3.05, 3.63) is 64.7 Å². The number of fused-ring (bicyclic) bond motifs is 7. The van der Waals surface area contributed by atoms with Crippen molar-refractivity contribution in [2.45, 2.75) is 24.9 Å². The van der Waals surface area contributed by atoms with E-state index in [1.807, 2.05) is 6.07 Å². The summed E-state index contributed by atoms with van der Waals surface area (Å²) in [6.45, 7) is 2.21. The van der Waals surface area contributed by atoms with Crippen molar-refractivity contribution in [3.8, 4) is 5.75 Å². The molecule has 2 bridgehead atoms. The predicted molar refractivity (Wildman–Crippen MR) is 70.6 cm³/mol. The third kappa shape index (κ3) is 1.11. The van der Waals surface area contributed by atoms with Gasteiger partial charge >= 0.3 is 0 Å². The molecule has 0 saturated carbocycles. The zero-order chi connectivity index (χ0) is 12.3. The first-order chi connectivity index (χ1) is 8.68. The summed E-state index contributed by atoms with van der Waals surface area (Å²) in [6.07, 6.45) is 1.03. The summed E-state index contributed by atoms with van der Waals surface area (Å²) in [6, 6.07) is 14.7. The van der Waals surface area contributed by atoms with Crippen molar-refractivity contribution in [2.75, 3.05) is 0 Å². The lowest BCUT2D eigenvalue weighted by Crippen LogP contribution is -2.41. The normalized spacial score (nSPS) is 27.7. The maximum Gasteiger partial charge on any atom is 0.115 e. The number of nitrogens with one attached hydrogen (secondary N) is 1. The van der Waals surface area contributed by atoms with Gasteiger partial charge in [0.1, 0.15) is 5.75 Å². The Hall–Kier alpha value is -1.80. The van der Waals surface area contributed by atoms with Crippen molar-refractivity contribution in [2.24, 2.45) is 0 Å². The molecular weight excluding hydrogens is 222 g/mol. The van der Waals surface area contributed by atoms with E-state index in [0.717, 1.165) is 6.42 Å². The smallest absolute Gasteiger partial charge is 0.115 e. The maximum absolute atomic E-state index is 9.75. The monoisotopic (exact) mass is 237 g/mol. The number of phenols is 1. The summed E-state index contributed by atoms with van der Waals surface area (Å²) in [5.74, 6) is 0.349. The molecule has 2 heteroatoms. The number of aromatic hydroxyl groups is 1. The first-order valence-corrected chi connectivity index (χ1v) is 6.38. The Labute approximate surface area is 106 Å². The zero-order valence-corrected chi connectivity index (χ0v) is 10.3. The van der Waals surface area contributed by atoms with Gasteiger partial charge in [0.2, 0.25) is 0 Å². The van der Waals surface area contributed by atoms with Crippen LogP contribution in [0.3, 0.4) is 0 Å². The Morgan fingerprint density at radius 3 is 2.89 bits per heavy atom. The minimum atomic E-state index is -0.159. The summed E-state index contributed by atoms with van der Waals surface area (Å²) >= 11 is 0. The highest BCUT2D eigenvalue weighted by Crippen LogP contribution is 2.48. The van der Waals surface area contributed by atoms with E-state index >= 15 is 0 Å². The van der Waals surface area contributed by atoms with Gasteiger partial charge in [-0.25, -0.2) is 0 Å². The summed E-state index contributed by atoms with van der Waals surface area (Å²) in [5.41, 5.74) is 5.14. The molecule has 0 saturated heterocycles. The highest BCUT2D eigenvalue weighted by Gasteiger charge is 2.45. The van der Waals surface area contributed by atoms with E-state index in [2.05, 4.69) is 42.6 Å². The fourth-order valence-corrected chi connectivity index (χ4v) is 3.57. The fourth-order valence-electron chi connectivity index (χ4n) is 3.57. The molecule has 2 aromatic carbocycles. The molecule has 2 unspecified atom stereocenters. The van der Waals surface area contributed by atoms with Gasteiger partial charge in [-0.05, 0) is 47.7 Å². The van der Waals surface area contributed by atoms with Gasteiger partial charge in [-0.15, -0.1) is 0 Å². The Balaban J connectivity index is 2.04. The van der Waals surface area contributed by atoms with Crippen molar-refractivity contribution < 1.29 is 5.11 Å². The molecule has 18 heavy (non-hydrogen) atoms. The topological polar surface area (TPSA) is 32.3 Å². The number of rotatable bonds is 0. The molecule has 0 radical (unpaired) electrons. The van der Waals surface area contributed by atoms with Gasteiger partial charge in [0.05, 0.1) is 5.54 Å². The third-order valence-electron chi connectivity index (χ3n) is 4.39. The molecule has 0 aliphatic carbocycles. The van der Waals surface area contributed by atoms with E-state index in [1.165, 1.54) is 22.3 Å². The SMILES string of the molecule is CC12NC(Cc3ccccc31)c1ccc(O)cc12. The molecule has 2 nitrogen and oxygen atoms in total. The van der Waals surface area contributed by atoms with E-state index < -0.39 is 0 Å². The average Bonchev–Trinajstić information content (AvgIpc) is 2.59. The van der Waals surface area contributed by atoms with Crippen molar-refractivity contribution in [1.29, 1.82) is 0 Å². The molecule has 2 N–H and O–H groups in total. The minimum absolute atomic E-state index is 0.159. The number of phenolic OH excluding ortho intramolecular Hbond substituents is 1. The predicted octanol–water partition coefficient (Wildman–Crippen LogP) is 2.86. The van der Waals surface area contributed by atoms with Crippen LogP contribution >= 0.6 is 0 Å². The quantitative estimate of drug-likeness (QED) is 0.738. The van der Waals surface area contributed by atoms with E-state index in [1.54, 1.807) is 6.07 Å². The van der Waals surface area contributed by atoms with Crippen LogP contribution in [0.15, 0.2) is 42.5 Å². The highest BCUT2D eigenvalue weighted by atomic mass is 16.3. The Morgan fingerprint density at radius 1 is 1.17 bits per heavy atom. The van der Waals surface area contributed by atoms with Crippen LogP contribution < -0.4 is 5.32 Å². The Morgan fingerprint density at radius 2 is 2.00 bits per heavy atom. The Kier molecular flexibility index (Phi) is 1.78. The van der Waals surface area contributed by atoms with Crippen LogP contribution in [0.25, 0.3) is 0 Å². The van der Waals surface area contributed by atoms with Crippen LogP contribution in [0.4, 0.5) is 0 Å². The van der Waals surface area contributed by atoms with Gasteiger partial charge in [0, 0.05) is 6.04 Å². The maximum atomic E-state index is 9.75. The van der Waals surface area contributed by atoms with Gasteiger partial charge in [-0.3, -0.25) is 5.32 Å². The largest absolute Gasteiger partial charge is 0.508 e. The summed E-state index contributed by atoms with van der Waals surface area (Å²) in [5, 5.41) is 13.5. The van der Waals surface area contributed by atoms with Gasteiger partial charge in [0.25, 0.3) is 0 Å². The lowest BCUT2D eigenvalue weighted by atomic mass is 9.82. The number of hydrogen-bond donors (Lipinski definition) is 2. The van der Waals surface area contributed by atoms with Crippen LogP contribution in [-0.2, 0) is 12.0 Å². The molecule has 2 aromatic rings. The molecule has 2 heterocycles. The van der Waals surface area contributed by atoms with Crippen LogP contribution in [0, 0.1) is 0 Å². The standard InChI is InChI=1S/C16H15NO/c1-16-13-5-3-2-4-10(13)8-15(17-16)12-7-6-11(18)9-14(12)16/h2-7,9,15,17-18H,8H2,1H3. The first-order valence-electron chi connectivity index (χ1n) is 6.38. The lowest BCUT2D eigenvalue weighted by molar-refractivity contribution is 0.388. The van der Waals surface area contributed by atoms with Crippen LogP contribution in [0.1, 0.15) is 35.2 Å². The molecule has 90 valence electrons. The number of benzene rings is 2. The molecule has 0 aromatic heterocycles. The van der Waals surface area contributed by atoms with Gasteiger partial charge in [-0.1, -0.05) is 30.3 Å². The molecule has 2 aliphatic rings. The Bertz CT molecular complexity index is 649. The van der Waals surface area contributed by atoms with Crippen molar-refractivity contribution >= 4 is 0 Å². The molecule has 0 amide bonds. The molecule has 0 spiro atoms. The van der Waals surface area contributed by atoms with Gasteiger partial charge in [0.15, 0.2) is 0 Å². The van der Waals surface area contributed by atoms with Crippen LogP contribution in [-0.4, -0.2) is 5.11 Å². The molecule has 2 aliphatic heterocycles. The van der Waals surface area contributed by atoms with Crippen LogP contribution in [0.5, 0.6) is 5.75 Å². The number of hydrogen-bond acceptors (Lipinski definition) is 2. The fraction of sp³-hybridized carbons (Fsp3) is 0.250. The summed E-state index contributed by atoms with van der Waals surface area (Å²) < 4.78 is 0. The molecule has 4 rings (SSSR count). The van der Waals surface area contributed by atoms with E-state index in [9.17, 15) is 5.11 Å². The third-order valence-corrected chi connectivity index (χ3v) is 4.39. The van der Waals surface area contributed by atoms with E-state index in [4.69, 9.17) is 0 Å². The summed E-state index contributed by atoms with van der Waals surface area (Å²) in [4.78, 5) is 0. The molecule has 2 atom stereocenters. The van der Waals surface area contributed by atoms with Crippen LogP contribution in [0.2, 0.25) is 0 Å². The molecular formula is C16H15NO. The summed E-state index contributed by atoms with van der Waals surface area (Å²) in [7, 11) is 0. The minimum Gasteiger partial charge on any atom is -0.508 e. The second kappa shape index (κ2) is 3.15. The van der Waals surface area contributed by atoms with Gasteiger partial charge in [-0.2, -0.15) is 0 Å². The van der Waals surface area contributed by atoms with Crippen molar-refractivity contribution in [1.82, 2.24) is 5.32 Å².